The van der Waals surface area contributed by atoms with E-state index in [0.717, 1.165) is 29.0 Å². The summed E-state index contributed by atoms with van der Waals surface area (Å²) in [4.78, 5) is 0. The topological polar surface area (TPSA) is 62.9 Å². The van der Waals surface area contributed by atoms with Gasteiger partial charge in [-0.2, -0.15) is 0 Å². The number of hydrogen-bond acceptors (Lipinski definition) is 5. The summed E-state index contributed by atoms with van der Waals surface area (Å²) in [5.41, 5.74) is 7.85. The first-order chi connectivity index (χ1) is 9.67. The maximum Gasteiger partial charge on any atom is 0.146 e. The van der Waals surface area contributed by atoms with Crippen molar-refractivity contribution in [3.8, 4) is 11.5 Å². The Morgan fingerprint density at radius 2 is 1.80 bits per heavy atom. The summed E-state index contributed by atoms with van der Waals surface area (Å²) in [6, 6.07) is 4.00. The van der Waals surface area contributed by atoms with Gasteiger partial charge in [-0.05, 0) is 31.0 Å². The first-order valence-electron chi connectivity index (χ1n) is 6.69. The molecule has 0 heterocycles. The van der Waals surface area contributed by atoms with Crippen LogP contribution in [0, 0.1) is 0 Å². The second-order valence-electron chi connectivity index (χ2n) is 4.61. The molecule has 0 amide bonds. The van der Waals surface area contributed by atoms with Crippen molar-refractivity contribution >= 4 is 0 Å². The minimum Gasteiger partial charge on any atom is -0.496 e. The molecule has 2 N–H and O–H groups in total. The van der Waals surface area contributed by atoms with E-state index in [9.17, 15) is 0 Å². The summed E-state index contributed by atoms with van der Waals surface area (Å²) in [5, 5.41) is 0. The molecular formula is C15H25NO4. The van der Waals surface area contributed by atoms with Crippen LogP contribution in [0.1, 0.15) is 24.0 Å². The molecule has 0 fully saturated rings. The molecule has 0 saturated carbocycles. The Balaban J connectivity index is 2.94. The zero-order valence-corrected chi connectivity index (χ0v) is 12.8. The molecule has 0 aliphatic rings. The fourth-order valence-electron chi connectivity index (χ4n) is 2.02. The maximum absolute atomic E-state index is 5.74. The van der Waals surface area contributed by atoms with Crippen LogP contribution in [-0.2, 0) is 15.9 Å². The van der Waals surface area contributed by atoms with Gasteiger partial charge in [-0.1, -0.05) is 6.92 Å². The van der Waals surface area contributed by atoms with Crippen LogP contribution in [0.15, 0.2) is 12.1 Å². The molecule has 114 valence electrons. The van der Waals surface area contributed by atoms with Gasteiger partial charge in [-0.15, -0.1) is 0 Å². The molecule has 20 heavy (non-hydrogen) atoms. The fourth-order valence-corrected chi connectivity index (χ4v) is 2.02. The summed E-state index contributed by atoms with van der Waals surface area (Å²) >= 11 is 0. The van der Waals surface area contributed by atoms with E-state index in [1.165, 1.54) is 0 Å². The predicted octanol–water partition coefficient (Wildman–Crippen LogP) is 1.93. The van der Waals surface area contributed by atoms with Crippen LogP contribution in [0.5, 0.6) is 11.5 Å². The van der Waals surface area contributed by atoms with Gasteiger partial charge in [0.25, 0.3) is 0 Å². The Labute approximate surface area is 121 Å². The molecule has 0 spiro atoms. The third-order valence-corrected chi connectivity index (χ3v) is 3.23. The zero-order chi connectivity index (χ0) is 15.0. The molecule has 0 bridgehead atoms. The van der Waals surface area contributed by atoms with Gasteiger partial charge < -0.3 is 24.7 Å². The molecule has 0 radical (unpaired) electrons. The van der Waals surface area contributed by atoms with Crippen molar-refractivity contribution in [1.82, 2.24) is 0 Å². The first kappa shape index (κ1) is 16.8. The summed E-state index contributed by atoms with van der Waals surface area (Å²) in [6.07, 6.45) is 0.736. The Kier molecular flexibility index (Phi) is 7.36. The highest BCUT2D eigenvalue weighted by Gasteiger charge is 2.15. The zero-order valence-electron chi connectivity index (χ0n) is 12.8. The van der Waals surface area contributed by atoms with Crippen molar-refractivity contribution in [2.45, 2.75) is 19.3 Å². The number of benzene rings is 1. The summed E-state index contributed by atoms with van der Waals surface area (Å²) < 4.78 is 21.1. The van der Waals surface area contributed by atoms with Crippen LogP contribution >= 0.6 is 0 Å². The van der Waals surface area contributed by atoms with Gasteiger partial charge in [0, 0.05) is 18.2 Å². The molecule has 5 heteroatoms. The average Bonchev–Trinajstić information content (AvgIpc) is 2.49. The largest absolute Gasteiger partial charge is 0.496 e. The van der Waals surface area contributed by atoms with Gasteiger partial charge in [0.2, 0.25) is 0 Å². The van der Waals surface area contributed by atoms with Gasteiger partial charge in [0.05, 0.1) is 20.8 Å². The SMILES string of the molecule is COCOCCc1cc(OC)c(C(C)CN)cc1OC. The van der Waals surface area contributed by atoms with Crippen molar-refractivity contribution in [2.75, 3.05) is 41.3 Å². The molecule has 1 aromatic rings. The second-order valence-corrected chi connectivity index (χ2v) is 4.61. The van der Waals surface area contributed by atoms with E-state index in [-0.39, 0.29) is 5.92 Å². The highest BCUT2D eigenvalue weighted by Crippen LogP contribution is 2.33. The molecule has 1 unspecified atom stereocenters. The Bertz CT molecular complexity index is 409. The van der Waals surface area contributed by atoms with E-state index in [4.69, 9.17) is 24.7 Å². The number of rotatable bonds is 9. The minimum absolute atomic E-state index is 0.220. The first-order valence-corrected chi connectivity index (χ1v) is 6.69. The van der Waals surface area contributed by atoms with Crippen molar-refractivity contribution in [3.05, 3.63) is 23.3 Å². The lowest BCUT2D eigenvalue weighted by Gasteiger charge is -2.18. The number of hydrogen-bond donors (Lipinski definition) is 1. The van der Waals surface area contributed by atoms with E-state index in [2.05, 4.69) is 6.92 Å². The highest BCUT2D eigenvalue weighted by molar-refractivity contribution is 5.48. The van der Waals surface area contributed by atoms with E-state index >= 15 is 0 Å². The smallest absolute Gasteiger partial charge is 0.146 e. The molecular weight excluding hydrogens is 258 g/mol. The van der Waals surface area contributed by atoms with Crippen LogP contribution in [0.4, 0.5) is 0 Å². The lowest BCUT2D eigenvalue weighted by atomic mass is 9.97. The monoisotopic (exact) mass is 283 g/mol. The lowest BCUT2D eigenvalue weighted by molar-refractivity contribution is -0.0292. The van der Waals surface area contributed by atoms with Crippen molar-refractivity contribution in [2.24, 2.45) is 5.73 Å². The summed E-state index contributed by atoms with van der Waals surface area (Å²) in [6.45, 7) is 3.50. The van der Waals surface area contributed by atoms with Crippen molar-refractivity contribution in [1.29, 1.82) is 0 Å². The molecule has 0 aliphatic heterocycles. The number of ether oxygens (including phenoxy) is 4. The third-order valence-electron chi connectivity index (χ3n) is 3.23. The fraction of sp³-hybridized carbons (Fsp3) is 0.600. The number of nitrogens with two attached hydrogens (primary N) is 1. The van der Waals surface area contributed by atoms with Crippen LogP contribution in [0.2, 0.25) is 0 Å². The van der Waals surface area contributed by atoms with Crippen LogP contribution in [0.3, 0.4) is 0 Å². The van der Waals surface area contributed by atoms with Crippen LogP contribution < -0.4 is 15.2 Å². The van der Waals surface area contributed by atoms with Gasteiger partial charge in [-0.3, -0.25) is 0 Å². The molecule has 1 atom stereocenters. The lowest BCUT2D eigenvalue weighted by Crippen LogP contribution is -2.11. The van der Waals surface area contributed by atoms with Gasteiger partial charge in [0.15, 0.2) is 0 Å². The molecule has 0 saturated heterocycles. The van der Waals surface area contributed by atoms with Gasteiger partial charge in [-0.25, -0.2) is 0 Å². The molecule has 5 nitrogen and oxygen atoms in total. The highest BCUT2D eigenvalue weighted by atomic mass is 16.7. The molecule has 1 aromatic carbocycles. The quantitative estimate of drug-likeness (QED) is 0.554. The number of methoxy groups -OCH3 is 3. The Morgan fingerprint density at radius 1 is 1.10 bits per heavy atom. The predicted molar refractivity (Wildman–Crippen MR) is 78.5 cm³/mol. The van der Waals surface area contributed by atoms with Gasteiger partial charge >= 0.3 is 0 Å². The normalized spacial score (nSPS) is 12.2. The van der Waals surface area contributed by atoms with Crippen LogP contribution in [-0.4, -0.2) is 41.3 Å². The Hall–Kier alpha value is -1.30. The third kappa shape index (κ3) is 4.37. The van der Waals surface area contributed by atoms with E-state index < -0.39 is 0 Å². The van der Waals surface area contributed by atoms with E-state index in [1.54, 1.807) is 21.3 Å². The molecule has 0 aliphatic carbocycles. The van der Waals surface area contributed by atoms with E-state index in [0.29, 0.717) is 19.9 Å². The summed E-state index contributed by atoms with van der Waals surface area (Å²) in [5.74, 6) is 1.89. The van der Waals surface area contributed by atoms with Crippen molar-refractivity contribution in [3.63, 3.8) is 0 Å². The summed E-state index contributed by atoms with van der Waals surface area (Å²) in [7, 11) is 4.94. The van der Waals surface area contributed by atoms with E-state index in [1.807, 2.05) is 12.1 Å². The standard InChI is InChI=1S/C15H25NO4/c1-11(9-16)13-8-14(18-3)12(7-15(13)19-4)5-6-20-10-17-2/h7-8,11H,5-6,9-10,16H2,1-4H3. The molecule has 1 rings (SSSR count). The maximum atomic E-state index is 5.74. The average molecular weight is 283 g/mol. The van der Waals surface area contributed by atoms with Gasteiger partial charge in [0.1, 0.15) is 18.3 Å². The Morgan fingerprint density at radius 3 is 2.35 bits per heavy atom. The van der Waals surface area contributed by atoms with Crippen molar-refractivity contribution < 1.29 is 18.9 Å². The van der Waals surface area contributed by atoms with Crippen LogP contribution in [0.25, 0.3) is 0 Å². The minimum atomic E-state index is 0.220. The molecule has 0 aromatic heterocycles. The second kappa shape index (κ2) is 8.79.